The minimum absolute atomic E-state index is 0.248. The molecule has 0 aliphatic carbocycles. The van der Waals surface area contributed by atoms with Crippen LogP contribution in [0.5, 0.6) is 5.75 Å². The van der Waals surface area contributed by atoms with Gasteiger partial charge in [-0.05, 0) is 24.3 Å². The molecule has 0 atom stereocenters. The number of nitrogen functional groups attached to an aromatic ring is 1. The van der Waals surface area contributed by atoms with Gasteiger partial charge >= 0.3 is 5.97 Å². The Balaban J connectivity index is 1.67. The molecule has 2 N–H and O–H groups in total. The van der Waals surface area contributed by atoms with Crippen molar-refractivity contribution < 1.29 is 47.4 Å². The van der Waals surface area contributed by atoms with Crippen LogP contribution in [0.3, 0.4) is 0 Å². The lowest BCUT2D eigenvalue weighted by molar-refractivity contribution is -0.141. The van der Waals surface area contributed by atoms with Crippen molar-refractivity contribution in [2.45, 2.75) is 6.42 Å². The van der Waals surface area contributed by atoms with Gasteiger partial charge in [0.15, 0.2) is 0 Å². The first-order valence-electron chi connectivity index (χ1n) is 11.8. The smallest absolute Gasteiger partial charge is 0.307 e. The summed E-state index contributed by atoms with van der Waals surface area (Å²) in [5.41, 5.74) is 6.33. The summed E-state index contributed by atoms with van der Waals surface area (Å²) in [6.45, 7) is 7.16. The molecule has 0 saturated heterocycles. The highest BCUT2D eigenvalue weighted by molar-refractivity contribution is 5.69. The summed E-state index contributed by atoms with van der Waals surface area (Å²) >= 11 is 0. The molecule has 0 radical (unpaired) electrons. The van der Waals surface area contributed by atoms with Crippen LogP contribution in [-0.2, 0) is 42.7 Å². The fourth-order valence-electron chi connectivity index (χ4n) is 2.46. The number of rotatable bonds is 25. The molecule has 0 aliphatic heterocycles. The van der Waals surface area contributed by atoms with E-state index in [9.17, 15) is 4.79 Å². The van der Waals surface area contributed by atoms with Crippen LogP contribution in [0.2, 0.25) is 0 Å². The summed E-state index contributed by atoms with van der Waals surface area (Å²) in [5, 5.41) is 0. The van der Waals surface area contributed by atoms with Crippen LogP contribution in [-0.4, -0.2) is 112 Å². The zero-order valence-electron chi connectivity index (χ0n) is 20.8. The molecule has 11 heteroatoms. The van der Waals surface area contributed by atoms with Crippen LogP contribution >= 0.6 is 0 Å². The lowest BCUT2D eigenvalue weighted by Gasteiger charge is -2.09. The largest absolute Gasteiger partial charge is 0.491 e. The molecule has 0 aliphatic rings. The summed E-state index contributed by atoms with van der Waals surface area (Å²) in [5.74, 6) is 0.486. The highest BCUT2D eigenvalue weighted by atomic mass is 16.6. The number of hydrogen-bond acceptors (Lipinski definition) is 11. The first kappa shape index (κ1) is 31.0. The third-order valence-electron chi connectivity index (χ3n) is 4.29. The number of methoxy groups -OCH3 is 1. The fraction of sp³-hybridized carbons (Fsp3) is 0.708. The van der Waals surface area contributed by atoms with E-state index in [1.54, 1.807) is 12.1 Å². The van der Waals surface area contributed by atoms with E-state index < -0.39 is 0 Å². The number of benzene rings is 1. The molecule has 1 aromatic carbocycles. The van der Waals surface area contributed by atoms with Crippen molar-refractivity contribution in [3.05, 3.63) is 24.3 Å². The zero-order chi connectivity index (χ0) is 25.2. The number of esters is 1. The van der Waals surface area contributed by atoms with Crippen molar-refractivity contribution in [1.29, 1.82) is 0 Å². The van der Waals surface area contributed by atoms with Gasteiger partial charge in [0.25, 0.3) is 0 Å². The first-order valence-corrected chi connectivity index (χ1v) is 11.8. The lowest BCUT2D eigenvalue weighted by Crippen LogP contribution is -2.15. The molecule has 0 saturated carbocycles. The molecule has 1 rings (SSSR count). The van der Waals surface area contributed by atoms with E-state index in [2.05, 4.69) is 4.74 Å². The van der Waals surface area contributed by atoms with Crippen molar-refractivity contribution >= 4 is 11.7 Å². The maximum Gasteiger partial charge on any atom is 0.307 e. The second-order valence-electron chi connectivity index (χ2n) is 7.03. The van der Waals surface area contributed by atoms with Gasteiger partial charge in [0, 0.05) is 5.69 Å². The Labute approximate surface area is 208 Å². The van der Waals surface area contributed by atoms with Crippen molar-refractivity contribution in [3.63, 3.8) is 0 Å². The maximum absolute atomic E-state index is 10.9. The van der Waals surface area contributed by atoms with E-state index in [4.69, 9.17) is 43.6 Å². The first-order chi connectivity index (χ1) is 17.2. The molecule has 0 amide bonds. The summed E-state index contributed by atoms with van der Waals surface area (Å²) < 4.78 is 47.8. The zero-order valence-corrected chi connectivity index (χ0v) is 20.8. The fourth-order valence-corrected chi connectivity index (χ4v) is 2.46. The van der Waals surface area contributed by atoms with E-state index in [1.807, 2.05) is 12.1 Å². The number of carbonyl (C=O) groups excluding carboxylic acids is 1. The van der Waals surface area contributed by atoms with Crippen LogP contribution in [0.1, 0.15) is 6.42 Å². The number of anilines is 1. The molecule has 0 fully saturated rings. The Morgan fingerprint density at radius 2 is 0.914 bits per heavy atom. The van der Waals surface area contributed by atoms with Crippen LogP contribution in [0.4, 0.5) is 5.69 Å². The number of nitrogens with two attached hydrogens (primary N) is 1. The molecular weight excluding hydrogens is 462 g/mol. The molecule has 0 unspecified atom stereocenters. The van der Waals surface area contributed by atoms with Gasteiger partial charge in [-0.3, -0.25) is 4.79 Å². The molecule has 0 spiro atoms. The van der Waals surface area contributed by atoms with Crippen LogP contribution in [0.25, 0.3) is 0 Å². The third-order valence-corrected chi connectivity index (χ3v) is 4.29. The summed E-state index contributed by atoms with van der Waals surface area (Å²) in [7, 11) is 1.35. The Morgan fingerprint density at radius 1 is 0.571 bits per heavy atom. The summed E-state index contributed by atoms with van der Waals surface area (Å²) in [4.78, 5) is 10.9. The Kier molecular flexibility index (Phi) is 21.1. The van der Waals surface area contributed by atoms with Crippen molar-refractivity contribution in [3.8, 4) is 5.75 Å². The average molecular weight is 504 g/mol. The summed E-state index contributed by atoms with van der Waals surface area (Å²) in [6.07, 6.45) is 0.248. The van der Waals surface area contributed by atoms with Gasteiger partial charge in [-0.1, -0.05) is 0 Å². The van der Waals surface area contributed by atoms with Gasteiger partial charge in [0.1, 0.15) is 12.4 Å². The van der Waals surface area contributed by atoms with E-state index in [1.165, 1.54) is 7.11 Å². The van der Waals surface area contributed by atoms with Gasteiger partial charge in [-0.2, -0.15) is 0 Å². The van der Waals surface area contributed by atoms with E-state index >= 15 is 0 Å². The van der Waals surface area contributed by atoms with Crippen molar-refractivity contribution in [2.75, 3.05) is 112 Å². The molecule has 11 nitrogen and oxygen atoms in total. The number of hydrogen-bond donors (Lipinski definition) is 1. The highest BCUT2D eigenvalue weighted by Crippen LogP contribution is 2.12. The normalized spacial score (nSPS) is 11.0. The minimum atomic E-state index is -0.284. The van der Waals surface area contributed by atoms with Gasteiger partial charge in [-0.25, -0.2) is 0 Å². The Morgan fingerprint density at radius 3 is 1.29 bits per heavy atom. The quantitative estimate of drug-likeness (QED) is 0.118. The predicted molar refractivity (Wildman–Crippen MR) is 129 cm³/mol. The second-order valence-corrected chi connectivity index (χ2v) is 7.03. The Bertz CT molecular complexity index is 602. The highest BCUT2D eigenvalue weighted by Gasteiger charge is 1.99. The minimum Gasteiger partial charge on any atom is -0.491 e. The second kappa shape index (κ2) is 23.7. The number of ether oxygens (including phenoxy) is 9. The van der Waals surface area contributed by atoms with Gasteiger partial charge in [0.2, 0.25) is 0 Å². The standard InChI is InChI=1S/C24H41NO10/c1-27-24(26)6-7-28-8-9-29-10-11-30-12-13-31-14-15-32-16-17-33-18-19-34-20-21-35-23-4-2-22(25)3-5-23/h2-5H,6-21,25H2,1H3. The molecule has 0 aromatic heterocycles. The summed E-state index contributed by atoms with van der Waals surface area (Å²) in [6, 6.07) is 7.25. The molecule has 1 aromatic rings. The van der Waals surface area contributed by atoms with Gasteiger partial charge in [0.05, 0.1) is 106 Å². The van der Waals surface area contributed by atoms with Crippen molar-refractivity contribution in [2.24, 2.45) is 0 Å². The molecule has 0 heterocycles. The molecule has 202 valence electrons. The van der Waals surface area contributed by atoms with Gasteiger partial charge in [-0.15, -0.1) is 0 Å². The topological polar surface area (TPSA) is 126 Å². The number of carbonyl (C=O) groups is 1. The maximum atomic E-state index is 10.9. The Hall–Kier alpha value is -1.99. The van der Waals surface area contributed by atoms with Crippen LogP contribution < -0.4 is 10.5 Å². The molecule has 0 bridgehead atoms. The van der Waals surface area contributed by atoms with Gasteiger partial charge < -0.3 is 48.4 Å². The molecule has 35 heavy (non-hydrogen) atoms. The van der Waals surface area contributed by atoms with E-state index in [0.717, 1.165) is 5.75 Å². The monoisotopic (exact) mass is 503 g/mol. The van der Waals surface area contributed by atoms with E-state index in [-0.39, 0.29) is 12.4 Å². The SMILES string of the molecule is COC(=O)CCOCCOCCOCCOCCOCCOCCOCCOc1ccc(N)cc1. The van der Waals surface area contributed by atoms with Crippen molar-refractivity contribution in [1.82, 2.24) is 0 Å². The molecular formula is C24H41NO10. The van der Waals surface area contributed by atoms with Crippen LogP contribution in [0.15, 0.2) is 24.3 Å². The average Bonchev–Trinajstić information content (AvgIpc) is 2.87. The lowest BCUT2D eigenvalue weighted by atomic mass is 10.3. The third kappa shape index (κ3) is 21.0. The van der Waals surface area contributed by atoms with E-state index in [0.29, 0.717) is 105 Å². The predicted octanol–water partition coefficient (Wildman–Crippen LogP) is 1.33. The van der Waals surface area contributed by atoms with Crippen LogP contribution in [0, 0.1) is 0 Å².